The van der Waals surface area contributed by atoms with Crippen molar-refractivity contribution in [3.63, 3.8) is 0 Å². The van der Waals surface area contributed by atoms with Gasteiger partial charge in [-0.1, -0.05) is 52.3 Å². The second-order valence-corrected chi connectivity index (χ2v) is 9.76. The maximum absolute atomic E-state index is 13.1. The van der Waals surface area contributed by atoms with E-state index in [2.05, 4.69) is 33.2 Å². The average molecular weight is 477 g/mol. The molecule has 3 fully saturated rings. The molecule has 1 heterocycles. The molecule has 1 saturated heterocycles. The van der Waals surface area contributed by atoms with Crippen LogP contribution in [0.15, 0.2) is 70.3 Å². The van der Waals surface area contributed by atoms with Gasteiger partial charge in [0.25, 0.3) is 11.8 Å². The molecule has 2 aromatic rings. The summed E-state index contributed by atoms with van der Waals surface area (Å²) in [5.74, 6) is 1.49. The zero-order chi connectivity index (χ0) is 21.1. The Hall–Kier alpha value is -2.73. The average Bonchev–Trinajstić information content (AvgIpc) is 3.57. The molecule has 0 radical (unpaired) electrons. The number of carbonyl (C=O) groups is 2. The van der Waals surface area contributed by atoms with Crippen LogP contribution in [-0.4, -0.2) is 23.0 Å². The summed E-state index contributed by atoms with van der Waals surface area (Å²) in [5.41, 5.74) is 1.78. The SMILES string of the molecule is O=C1[C@H]2[C@@H]3C=C[C@@H]([C@H]4C[C@H]34)[C@@H]2C(=O)N1/N=C\c1ccccc1OCc1ccc(Br)cc1. The second-order valence-electron chi connectivity index (χ2n) is 8.84. The van der Waals surface area contributed by atoms with E-state index in [1.54, 1.807) is 6.21 Å². The summed E-state index contributed by atoms with van der Waals surface area (Å²) in [7, 11) is 0. The van der Waals surface area contributed by atoms with E-state index in [0.717, 1.165) is 27.0 Å². The van der Waals surface area contributed by atoms with Gasteiger partial charge in [-0.2, -0.15) is 10.1 Å². The molecule has 156 valence electrons. The van der Waals surface area contributed by atoms with Crippen molar-refractivity contribution in [3.05, 3.63) is 76.3 Å². The van der Waals surface area contributed by atoms with E-state index in [0.29, 0.717) is 24.2 Å². The molecule has 0 aromatic heterocycles. The number of halogens is 1. The van der Waals surface area contributed by atoms with Crippen LogP contribution in [0, 0.1) is 35.5 Å². The minimum atomic E-state index is -0.229. The molecule has 6 atom stereocenters. The van der Waals surface area contributed by atoms with Gasteiger partial charge in [0.15, 0.2) is 0 Å². The lowest BCUT2D eigenvalue weighted by Gasteiger charge is -2.37. The second kappa shape index (κ2) is 7.16. The Morgan fingerprint density at radius 2 is 1.61 bits per heavy atom. The third-order valence-corrected chi connectivity index (χ3v) is 7.71. The number of hydrazone groups is 1. The molecular weight excluding hydrogens is 456 g/mol. The number of hydrogen-bond donors (Lipinski definition) is 0. The van der Waals surface area contributed by atoms with Crippen molar-refractivity contribution in [2.24, 2.45) is 40.6 Å². The van der Waals surface area contributed by atoms with Crippen molar-refractivity contribution >= 4 is 34.0 Å². The summed E-state index contributed by atoms with van der Waals surface area (Å²) in [6.07, 6.45) is 7.07. The number of carbonyl (C=O) groups excluding carboxylic acids is 2. The predicted octanol–water partition coefficient (Wildman–Crippen LogP) is 4.42. The molecule has 31 heavy (non-hydrogen) atoms. The lowest BCUT2D eigenvalue weighted by Crippen LogP contribution is -2.40. The van der Waals surface area contributed by atoms with Gasteiger partial charge < -0.3 is 4.74 Å². The summed E-state index contributed by atoms with van der Waals surface area (Å²) in [6, 6.07) is 15.5. The minimum absolute atomic E-state index is 0.149. The third kappa shape index (κ3) is 3.07. The molecule has 0 unspecified atom stereocenters. The van der Waals surface area contributed by atoms with Gasteiger partial charge in [0, 0.05) is 10.0 Å². The zero-order valence-electron chi connectivity index (χ0n) is 16.7. The van der Waals surface area contributed by atoms with Crippen LogP contribution in [0.1, 0.15) is 17.5 Å². The summed E-state index contributed by atoms with van der Waals surface area (Å²) in [5, 5.41) is 5.45. The van der Waals surface area contributed by atoms with Gasteiger partial charge in [-0.25, -0.2) is 0 Å². The van der Waals surface area contributed by atoms with Crippen LogP contribution in [0.4, 0.5) is 0 Å². The molecule has 0 spiro atoms. The lowest BCUT2D eigenvalue weighted by atomic mass is 9.63. The Balaban J connectivity index is 1.21. The molecule has 4 aliphatic carbocycles. The van der Waals surface area contributed by atoms with Crippen molar-refractivity contribution in [3.8, 4) is 5.75 Å². The molecule has 2 amide bonds. The van der Waals surface area contributed by atoms with Gasteiger partial charge in [0.1, 0.15) is 12.4 Å². The zero-order valence-corrected chi connectivity index (χ0v) is 18.3. The molecule has 0 N–H and O–H groups in total. The summed E-state index contributed by atoms with van der Waals surface area (Å²) in [4.78, 5) is 26.1. The molecule has 5 nitrogen and oxygen atoms in total. The minimum Gasteiger partial charge on any atom is -0.488 e. The van der Waals surface area contributed by atoms with Gasteiger partial charge in [-0.15, -0.1) is 0 Å². The number of allylic oxidation sites excluding steroid dienone is 2. The topological polar surface area (TPSA) is 59.0 Å². The van der Waals surface area contributed by atoms with E-state index in [-0.39, 0.29) is 35.5 Å². The molecule has 2 aromatic carbocycles. The molecule has 7 rings (SSSR count). The molecule has 2 bridgehead atoms. The molecular formula is C25H21BrN2O3. The van der Waals surface area contributed by atoms with Crippen LogP contribution in [0.3, 0.4) is 0 Å². The standard InChI is InChI=1S/C25H21BrN2O3/c26-16-7-5-14(6-8-16)13-31-21-4-2-1-3-15(21)12-27-28-24(29)22-17-9-10-18(20-11-19(17)20)23(22)25(28)30/h1-10,12,17-20,22-23H,11,13H2/b27-12-/t17-,18+,19-,20-,22+,23+/m1/s1. The first-order chi connectivity index (χ1) is 15.1. The highest BCUT2D eigenvalue weighted by Gasteiger charge is 2.67. The Labute approximate surface area is 188 Å². The van der Waals surface area contributed by atoms with Crippen molar-refractivity contribution in [2.45, 2.75) is 13.0 Å². The van der Waals surface area contributed by atoms with Crippen molar-refractivity contribution < 1.29 is 14.3 Å². The highest BCUT2D eigenvalue weighted by atomic mass is 79.9. The number of nitrogens with zero attached hydrogens (tertiary/aromatic N) is 2. The van der Waals surface area contributed by atoms with Gasteiger partial charge in [0.05, 0.1) is 18.1 Å². The Kier molecular flexibility index (Phi) is 4.39. The van der Waals surface area contributed by atoms with Crippen molar-refractivity contribution in [1.82, 2.24) is 5.01 Å². The van der Waals surface area contributed by atoms with Crippen LogP contribution in [0.5, 0.6) is 5.75 Å². The van der Waals surface area contributed by atoms with E-state index in [4.69, 9.17) is 4.74 Å². The van der Waals surface area contributed by atoms with Gasteiger partial charge >= 0.3 is 0 Å². The number of amides is 2. The first-order valence-electron chi connectivity index (χ1n) is 10.7. The Morgan fingerprint density at radius 1 is 0.968 bits per heavy atom. The first kappa shape index (κ1) is 19.0. The highest BCUT2D eigenvalue weighted by molar-refractivity contribution is 9.10. The van der Waals surface area contributed by atoms with E-state index in [9.17, 15) is 9.59 Å². The monoisotopic (exact) mass is 476 g/mol. The van der Waals surface area contributed by atoms with E-state index >= 15 is 0 Å². The Bertz CT molecular complexity index is 1090. The smallest absolute Gasteiger partial charge is 0.254 e. The number of imide groups is 1. The van der Waals surface area contributed by atoms with Crippen LogP contribution < -0.4 is 4.74 Å². The van der Waals surface area contributed by atoms with Crippen molar-refractivity contribution in [2.75, 3.05) is 0 Å². The first-order valence-corrected chi connectivity index (χ1v) is 11.5. The van der Waals surface area contributed by atoms with Crippen LogP contribution in [-0.2, 0) is 16.2 Å². The molecule has 1 aliphatic heterocycles. The van der Waals surface area contributed by atoms with E-state index in [1.807, 2.05) is 48.5 Å². The highest BCUT2D eigenvalue weighted by Crippen LogP contribution is 2.65. The number of benzene rings is 2. The van der Waals surface area contributed by atoms with Gasteiger partial charge in [-0.3, -0.25) is 9.59 Å². The summed E-state index contributed by atoms with van der Waals surface area (Å²) < 4.78 is 7.00. The number of para-hydroxylation sites is 1. The quantitative estimate of drug-likeness (QED) is 0.364. The largest absolute Gasteiger partial charge is 0.488 e. The van der Waals surface area contributed by atoms with E-state index in [1.165, 1.54) is 0 Å². The van der Waals surface area contributed by atoms with Gasteiger partial charge in [-0.05, 0) is 59.9 Å². The van der Waals surface area contributed by atoms with E-state index < -0.39 is 0 Å². The molecule has 5 aliphatic rings. The lowest BCUT2D eigenvalue weighted by molar-refractivity contribution is -0.140. The third-order valence-electron chi connectivity index (χ3n) is 7.18. The van der Waals surface area contributed by atoms with Crippen molar-refractivity contribution in [1.29, 1.82) is 0 Å². The maximum Gasteiger partial charge on any atom is 0.254 e. The number of ether oxygens (including phenoxy) is 1. The fourth-order valence-corrected chi connectivity index (χ4v) is 5.90. The normalized spacial score (nSPS) is 32.5. The van der Waals surface area contributed by atoms with Crippen LogP contribution in [0.2, 0.25) is 0 Å². The predicted molar refractivity (Wildman–Crippen MR) is 119 cm³/mol. The Morgan fingerprint density at radius 3 is 2.29 bits per heavy atom. The fraction of sp³-hybridized carbons (Fsp3) is 0.320. The van der Waals surface area contributed by atoms with Gasteiger partial charge in [0.2, 0.25) is 0 Å². The summed E-state index contributed by atoms with van der Waals surface area (Å²) >= 11 is 3.43. The number of hydrogen-bond acceptors (Lipinski definition) is 4. The number of rotatable bonds is 5. The molecule has 6 heteroatoms. The summed E-state index contributed by atoms with van der Waals surface area (Å²) in [6.45, 7) is 0.418. The maximum atomic E-state index is 13.1. The fourth-order valence-electron chi connectivity index (χ4n) is 5.64. The van der Waals surface area contributed by atoms with Crippen LogP contribution in [0.25, 0.3) is 0 Å². The molecule has 2 saturated carbocycles. The van der Waals surface area contributed by atoms with Crippen LogP contribution >= 0.6 is 15.9 Å².